The van der Waals surface area contributed by atoms with Crippen molar-refractivity contribution in [3.05, 3.63) is 59.6 Å². The van der Waals surface area contributed by atoms with E-state index in [1.807, 2.05) is 6.92 Å². The number of nitrogens with one attached hydrogen (secondary N) is 3. The molecule has 0 saturated heterocycles. The van der Waals surface area contributed by atoms with Crippen molar-refractivity contribution in [2.45, 2.75) is 26.1 Å². The van der Waals surface area contributed by atoms with Crippen molar-refractivity contribution in [3.63, 3.8) is 0 Å². The van der Waals surface area contributed by atoms with E-state index in [0.29, 0.717) is 30.9 Å². The molecule has 0 amide bonds. The molecular weight excluding hydrogens is 418 g/mol. The van der Waals surface area contributed by atoms with Gasteiger partial charge >= 0.3 is 0 Å². The summed E-state index contributed by atoms with van der Waals surface area (Å²) in [6, 6.07) is 1.06. The Morgan fingerprint density at radius 3 is 2.55 bits per heavy atom. The molecule has 0 fully saturated rings. The van der Waals surface area contributed by atoms with E-state index in [-0.39, 0.29) is 24.4 Å². The Hall–Kier alpha value is -3.25. The van der Waals surface area contributed by atoms with E-state index >= 15 is 0 Å². The molecule has 0 unspecified atom stereocenters. The lowest BCUT2D eigenvalue weighted by molar-refractivity contribution is 0.250. The van der Waals surface area contributed by atoms with Crippen LogP contribution in [0.3, 0.4) is 0 Å². The van der Waals surface area contributed by atoms with Crippen LogP contribution in [0.5, 0.6) is 0 Å². The van der Waals surface area contributed by atoms with Gasteiger partial charge in [-0.3, -0.25) is 4.68 Å². The van der Waals surface area contributed by atoms with Gasteiger partial charge in [0.2, 0.25) is 5.95 Å². The van der Waals surface area contributed by atoms with E-state index < -0.39 is 35.4 Å². The fourth-order valence-electron chi connectivity index (χ4n) is 2.63. The summed E-state index contributed by atoms with van der Waals surface area (Å²) < 4.78 is 56.2. The van der Waals surface area contributed by atoms with Gasteiger partial charge in [-0.15, -0.1) is 0 Å². The number of hydrogen-bond donors (Lipinski definition) is 4. The summed E-state index contributed by atoms with van der Waals surface area (Å²) in [4.78, 5) is 7.79. The largest absolute Gasteiger partial charge is 0.395 e. The molecule has 0 spiro atoms. The summed E-state index contributed by atoms with van der Waals surface area (Å²) in [5.74, 6) is -4.29. The van der Waals surface area contributed by atoms with Crippen LogP contribution in [0.25, 0.3) is 0 Å². The number of hydrogen-bond acceptors (Lipinski definition) is 7. The Bertz CT molecular complexity index is 1010. The summed E-state index contributed by atoms with van der Waals surface area (Å²) in [6.45, 7) is 2.60. The number of rotatable bonds is 10. The van der Waals surface area contributed by atoms with Crippen molar-refractivity contribution in [1.82, 2.24) is 25.1 Å². The van der Waals surface area contributed by atoms with Gasteiger partial charge in [-0.1, -0.05) is 0 Å². The maximum Gasteiger partial charge on any atom is 0.229 e. The van der Waals surface area contributed by atoms with Crippen LogP contribution >= 0.6 is 0 Å². The predicted molar refractivity (Wildman–Crippen MR) is 106 cm³/mol. The molecule has 0 aliphatic heterocycles. The van der Waals surface area contributed by atoms with Crippen LogP contribution in [-0.4, -0.2) is 44.0 Å². The van der Waals surface area contributed by atoms with Gasteiger partial charge in [-0.25, -0.2) is 22.5 Å². The molecule has 0 aliphatic carbocycles. The Balaban J connectivity index is 1.62. The number of aliphatic hydroxyl groups is 1. The van der Waals surface area contributed by atoms with Crippen LogP contribution in [0.1, 0.15) is 12.5 Å². The first-order chi connectivity index (χ1) is 14.9. The number of anilines is 3. The standard InChI is InChI=1S/C19H21F4N7O/c1-11(10-31)24-2-3-30-9-13(6-27-30)28-19-26-8-17(23)18(29-19)25-7-14-15(21)4-12(20)5-16(14)22/h4-6,8-9,11,24,31H,2-3,7,10H2,1H3,(H2,25,26,28,29)/t11-/m0/s1. The second-order valence-corrected chi connectivity index (χ2v) is 6.75. The zero-order valence-electron chi connectivity index (χ0n) is 16.5. The lowest BCUT2D eigenvalue weighted by Crippen LogP contribution is -2.32. The molecule has 0 aliphatic rings. The third-order valence-corrected chi connectivity index (χ3v) is 4.28. The first-order valence-corrected chi connectivity index (χ1v) is 9.39. The second kappa shape index (κ2) is 10.2. The molecule has 0 saturated carbocycles. The second-order valence-electron chi connectivity index (χ2n) is 6.75. The molecule has 0 radical (unpaired) electrons. The smallest absolute Gasteiger partial charge is 0.229 e. The van der Waals surface area contributed by atoms with Crippen molar-refractivity contribution in [2.24, 2.45) is 0 Å². The van der Waals surface area contributed by atoms with Crippen molar-refractivity contribution in [3.8, 4) is 0 Å². The van der Waals surface area contributed by atoms with Gasteiger partial charge in [0.15, 0.2) is 11.6 Å². The van der Waals surface area contributed by atoms with E-state index in [2.05, 4.69) is 31.0 Å². The SMILES string of the molecule is C[C@@H](CO)NCCn1cc(Nc2ncc(F)c(NCc3c(F)cc(F)cc3F)n2)cn1. The van der Waals surface area contributed by atoms with Crippen LogP contribution in [0.15, 0.2) is 30.7 Å². The average molecular weight is 439 g/mol. The Morgan fingerprint density at radius 1 is 1.10 bits per heavy atom. The van der Waals surface area contributed by atoms with Crippen LogP contribution in [0, 0.1) is 23.3 Å². The fourth-order valence-corrected chi connectivity index (χ4v) is 2.63. The number of aromatic nitrogens is 4. The average Bonchev–Trinajstić information content (AvgIpc) is 3.16. The van der Waals surface area contributed by atoms with Crippen LogP contribution in [-0.2, 0) is 13.1 Å². The van der Waals surface area contributed by atoms with E-state index in [1.54, 1.807) is 10.9 Å². The van der Waals surface area contributed by atoms with Crippen molar-refractivity contribution >= 4 is 17.5 Å². The highest BCUT2D eigenvalue weighted by molar-refractivity contribution is 5.52. The number of benzene rings is 1. The van der Waals surface area contributed by atoms with E-state index in [0.717, 1.165) is 6.20 Å². The van der Waals surface area contributed by atoms with E-state index in [9.17, 15) is 17.6 Å². The molecule has 0 bridgehead atoms. The molecule has 1 atom stereocenters. The quantitative estimate of drug-likeness (QED) is 0.360. The minimum Gasteiger partial charge on any atom is -0.395 e. The maximum absolute atomic E-state index is 14.0. The molecule has 2 aromatic heterocycles. The number of halogens is 4. The van der Waals surface area contributed by atoms with Gasteiger partial charge < -0.3 is 21.1 Å². The topological polar surface area (TPSA) is 99.9 Å². The third-order valence-electron chi connectivity index (χ3n) is 4.28. The molecule has 166 valence electrons. The zero-order valence-corrected chi connectivity index (χ0v) is 16.5. The molecule has 8 nitrogen and oxygen atoms in total. The Kier molecular flexibility index (Phi) is 7.36. The van der Waals surface area contributed by atoms with Gasteiger partial charge in [0, 0.05) is 43.0 Å². The third kappa shape index (κ3) is 6.12. The zero-order chi connectivity index (χ0) is 22.4. The van der Waals surface area contributed by atoms with Crippen molar-refractivity contribution in [2.75, 3.05) is 23.8 Å². The Labute approximate surface area is 175 Å². The molecule has 12 heteroatoms. The maximum atomic E-state index is 14.0. The summed E-state index contributed by atoms with van der Waals surface area (Å²) >= 11 is 0. The van der Waals surface area contributed by atoms with Crippen molar-refractivity contribution < 1.29 is 22.7 Å². The summed E-state index contributed by atoms with van der Waals surface area (Å²) in [5.41, 5.74) is 0.0997. The molecule has 4 N–H and O–H groups in total. The van der Waals surface area contributed by atoms with Crippen LogP contribution in [0.4, 0.5) is 35.0 Å². The first-order valence-electron chi connectivity index (χ1n) is 9.39. The highest BCUT2D eigenvalue weighted by Gasteiger charge is 2.14. The summed E-state index contributed by atoms with van der Waals surface area (Å²) in [6.07, 6.45) is 4.12. The summed E-state index contributed by atoms with van der Waals surface area (Å²) in [7, 11) is 0. The molecule has 3 aromatic rings. The minimum absolute atomic E-state index is 0.0245. The fraction of sp³-hybridized carbons (Fsp3) is 0.316. The van der Waals surface area contributed by atoms with E-state index in [4.69, 9.17) is 5.11 Å². The highest BCUT2D eigenvalue weighted by Crippen LogP contribution is 2.19. The van der Waals surface area contributed by atoms with Gasteiger partial charge in [-0.2, -0.15) is 10.1 Å². The normalized spacial score (nSPS) is 12.1. The van der Waals surface area contributed by atoms with Gasteiger partial charge in [0.25, 0.3) is 0 Å². The first kappa shape index (κ1) is 22.4. The molecule has 1 aromatic carbocycles. The van der Waals surface area contributed by atoms with Gasteiger partial charge in [0.05, 0.1) is 31.2 Å². The predicted octanol–water partition coefficient (Wildman–Crippen LogP) is 2.56. The van der Waals surface area contributed by atoms with Gasteiger partial charge in [0.1, 0.15) is 17.5 Å². The van der Waals surface area contributed by atoms with Crippen LogP contribution < -0.4 is 16.0 Å². The number of aliphatic hydroxyl groups excluding tert-OH is 1. The lowest BCUT2D eigenvalue weighted by Gasteiger charge is -2.10. The molecule has 3 rings (SSSR count). The molecule has 2 heterocycles. The Morgan fingerprint density at radius 2 is 1.84 bits per heavy atom. The molecule has 31 heavy (non-hydrogen) atoms. The summed E-state index contributed by atoms with van der Waals surface area (Å²) in [5, 5.41) is 21.6. The van der Waals surface area contributed by atoms with Crippen LogP contribution in [0.2, 0.25) is 0 Å². The molecular formula is C19H21F4N7O. The monoisotopic (exact) mass is 439 g/mol. The highest BCUT2D eigenvalue weighted by atomic mass is 19.1. The van der Waals surface area contributed by atoms with Gasteiger partial charge in [-0.05, 0) is 6.92 Å². The van der Waals surface area contributed by atoms with Crippen molar-refractivity contribution in [1.29, 1.82) is 0 Å². The minimum atomic E-state index is -1.09. The number of nitrogens with zero attached hydrogens (tertiary/aromatic N) is 4. The van der Waals surface area contributed by atoms with E-state index in [1.165, 1.54) is 6.20 Å². The lowest BCUT2D eigenvalue weighted by atomic mass is 10.2.